The maximum atomic E-state index is 11.2. The highest BCUT2D eigenvalue weighted by Gasteiger charge is 2.17. The van der Waals surface area contributed by atoms with Crippen LogP contribution in [0.5, 0.6) is 0 Å². The lowest BCUT2D eigenvalue weighted by Crippen LogP contribution is -2.27. The second-order valence-corrected chi connectivity index (χ2v) is 4.16. The van der Waals surface area contributed by atoms with Gasteiger partial charge >= 0.3 is 0 Å². The van der Waals surface area contributed by atoms with Crippen LogP contribution in [-0.2, 0) is 12.5 Å². The number of rotatable bonds is 0. The van der Waals surface area contributed by atoms with E-state index in [1.807, 2.05) is 20.8 Å². The molecule has 1 aromatic rings. The summed E-state index contributed by atoms with van der Waals surface area (Å²) in [6.07, 6.45) is 0. The highest BCUT2D eigenvalue weighted by molar-refractivity contribution is 5.36. The summed E-state index contributed by atoms with van der Waals surface area (Å²) in [4.78, 5) is 11.2. The number of aromatic nitrogens is 2. The summed E-state index contributed by atoms with van der Waals surface area (Å²) in [6.45, 7) is 6.08. The molecule has 0 amide bonds. The van der Waals surface area contributed by atoms with E-state index in [1.165, 1.54) is 4.68 Å². The largest absolute Gasteiger partial charge is 0.394 e. The Labute approximate surface area is 77.4 Å². The second kappa shape index (κ2) is 2.87. The van der Waals surface area contributed by atoms with E-state index in [0.717, 1.165) is 5.69 Å². The molecule has 0 atom stereocenters. The van der Waals surface area contributed by atoms with E-state index in [4.69, 9.17) is 5.73 Å². The molecular formula is C9H15N3O. The van der Waals surface area contributed by atoms with E-state index in [9.17, 15) is 4.79 Å². The zero-order valence-electron chi connectivity index (χ0n) is 8.46. The van der Waals surface area contributed by atoms with Crippen LogP contribution in [0.15, 0.2) is 10.9 Å². The lowest BCUT2D eigenvalue weighted by molar-refractivity contribution is 0.532. The lowest BCUT2D eigenvalue weighted by Gasteiger charge is -2.18. The number of nitrogens with zero attached hydrogens (tertiary/aromatic N) is 2. The molecule has 0 aliphatic heterocycles. The highest BCUT2D eigenvalue weighted by atomic mass is 16.1. The van der Waals surface area contributed by atoms with E-state index >= 15 is 0 Å². The maximum Gasteiger partial charge on any atom is 0.289 e. The fourth-order valence-electron chi connectivity index (χ4n) is 0.998. The van der Waals surface area contributed by atoms with Gasteiger partial charge in [0.15, 0.2) is 0 Å². The van der Waals surface area contributed by atoms with Crippen LogP contribution in [0.3, 0.4) is 0 Å². The van der Waals surface area contributed by atoms with Gasteiger partial charge in [0.1, 0.15) is 5.69 Å². The Morgan fingerprint density at radius 3 is 2.38 bits per heavy atom. The van der Waals surface area contributed by atoms with E-state index in [0.29, 0.717) is 0 Å². The van der Waals surface area contributed by atoms with Crippen molar-refractivity contribution in [3.63, 3.8) is 0 Å². The number of anilines is 1. The molecule has 4 nitrogen and oxygen atoms in total. The van der Waals surface area contributed by atoms with Crippen LogP contribution in [0.2, 0.25) is 0 Å². The first-order valence-electron chi connectivity index (χ1n) is 4.16. The van der Waals surface area contributed by atoms with Crippen LogP contribution in [0.1, 0.15) is 26.5 Å². The van der Waals surface area contributed by atoms with Gasteiger partial charge in [0.2, 0.25) is 0 Å². The molecule has 1 rings (SSSR count). The predicted octanol–water partition coefficient (Wildman–Crippen LogP) is 0.660. The predicted molar refractivity (Wildman–Crippen MR) is 52.6 cm³/mol. The van der Waals surface area contributed by atoms with Crippen molar-refractivity contribution in [3.05, 3.63) is 22.1 Å². The first-order chi connectivity index (χ1) is 5.82. The van der Waals surface area contributed by atoms with Crippen LogP contribution < -0.4 is 11.3 Å². The van der Waals surface area contributed by atoms with E-state index < -0.39 is 0 Å². The monoisotopic (exact) mass is 181 g/mol. The quantitative estimate of drug-likeness (QED) is 0.639. The highest BCUT2D eigenvalue weighted by Crippen LogP contribution is 2.19. The molecule has 0 aromatic carbocycles. The van der Waals surface area contributed by atoms with Crippen LogP contribution >= 0.6 is 0 Å². The van der Waals surface area contributed by atoms with Gasteiger partial charge in [-0.25, -0.2) is 4.68 Å². The summed E-state index contributed by atoms with van der Waals surface area (Å²) in [5.74, 6) is 0. The number of nitrogens with two attached hydrogens (primary N) is 1. The minimum atomic E-state index is -0.243. The molecule has 1 heterocycles. The van der Waals surface area contributed by atoms with Crippen molar-refractivity contribution >= 4 is 5.69 Å². The lowest BCUT2D eigenvalue weighted by atomic mass is 9.92. The molecule has 0 aliphatic rings. The van der Waals surface area contributed by atoms with Gasteiger partial charge in [-0.2, -0.15) is 5.10 Å². The van der Waals surface area contributed by atoms with Crippen molar-refractivity contribution in [2.75, 3.05) is 5.73 Å². The Morgan fingerprint density at radius 1 is 1.46 bits per heavy atom. The summed E-state index contributed by atoms with van der Waals surface area (Å²) >= 11 is 0. The third-order valence-corrected chi connectivity index (χ3v) is 1.86. The Morgan fingerprint density at radius 2 is 2.00 bits per heavy atom. The maximum absolute atomic E-state index is 11.2. The number of hydrogen-bond donors (Lipinski definition) is 1. The molecule has 0 bridgehead atoms. The fraction of sp³-hybridized carbons (Fsp3) is 0.556. The van der Waals surface area contributed by atoms with E-state index in [2.05, 4.69) is 5.10 Å². The minimum Gasteiger partial charge on any atom is -0.394 e. The fourth-order valence-corrected chi connectivity index (χ4v) is 0.998. The van der Waals surface area contributed by atoms with Crippen LogP contribution in [0.4, 0.5) is 5.69 Å². The zero-order valence-corrected chi connectivity index (χ0v) is 8.46. The van der Waals surface area contributed by atoms with Crippen molar-refractivity contribution in [2.45, 2.75) is 26.2 Å². The average Bonchev–Trinajstić information content (AvgIpc) is 1.97. The van der Waals surface area contributed by atoms with Crippen molar-refractivity contribution < 1.29 is 0 Å². The van der Waals surface area contributed by atoms with Crippen LogP contribution in [0, 0.1) is 0 Å². The first kappa shape index (κ1) is 9.77. The average molecular weight is 181 g/mol. The Balaban J connectivity index is 3.38. The molecule has 0 fully saturated rings. The standard InChI is InChI=1S/C9H15N3O/c1-9(2,3)7-5-6(10)8(13)12(4)11-7/h5H,10H2,1-4H3. The smallest absolute Gasteiger partial charge is 0.289 e. The first-order valence-corrected chi connectivity index (χ1v) is 4.16. The van der Waals surface area contributed by atoms with Crippen molar-refractivity contribution in [3.8, 4) is 0 Å². The van der Waals surface area contributed by atoms with Gasteiger partial charge in [-0.1, -0.05) is 20.8 Å². The molecule has 0 unspecified atom stereocenters. The molecule has 4 heteroatoms. The van der Waals surface area contributed by atoms with Gasteiger partial charge < -0.3 is 5.73 Å². The van der Waals surface area contributed by atoms with Gasteiger partial charge in [-0.3, -0.25) is 4.79 Å². The molecule has 0 saturated heterocycles. The number of aryl methyl sites for hydroxylation is 1. The SMILES string of the molecule is Cn1nc(C(C)(C)C)cc(N)c1=O. The summed E-state index contributed by atoms with van der Waals surface area (Å²) in [7, 11) is 1.61. The van der Waals surface area contributed by atoms with Gasteiger partial charge in [0, 0.05) is 12.5 Å². The molecule has 13 heavy (non-hydrogen) atoms. The Bertz CT molecular complexity index is 347. The third kappa shape index (κ3) is 1.88. The van der Waals surface area contributed by atoms with Crippen LogP contribution in [-0.4, -0.2) is 9.78 Å². The summed E-state index contributed by atoms with van der Waals surface area (Å²) < 4.78 is 1.27. The normalized spacial score (nSPS) is 11.7. The Kier molecular flexibility index (Phi) is 2.15. The molecule has 72 valence electrons. The second-order valence-electron chi connectivity index (χ2n) is 4.16. The number of nitrogen functional groups attached to an aromatic ring is 1. The summed E-state index contributed by atoms with van der Waals surface area (Å²) in [5.41, 5.74) is 6.30. The molecular weight excluding hydrogens is 166 g/mol. The van der Waals surface area contributed by atoms with Crippen LogP contribution in [0.25, 0.3) is 0 Å². The van der Waals surface area contributed by atoms with Crippen molar-refractivity contribution in [1.82, 2.24) is 9.78 Å². The topological polar surface area (TPSA) is 60.9 Å². The molecule has 0 aliphatic carbocycles. The Hall–Kier alpha value is -1.32. The molecule has 0 spiro atoms. The minimum absolute atomic E-state index is 0.0838. The molecule has 0 saturated carbocycles. The van der Waals surface area contributed by atoms with E-state index in [-0.39, 0.29) is 16.7 Å². The molecule has 0 radical (unpaired) electrons. The zero-order chi connectivity index (χ0) is 10.2. The van der Waals surface area contributed by atoms with Gasteiger partial charge in [0.25, 0.3) is 5.56 Å². The van der Waals surface area contributed by atoms with Crippen molar-refractivity contribution in [2.24, 2.45) is 7.05 Å². The molecule has 2 N–H and O–H groups in total. The number of hydrogen-bond acceptors (Lipinski definition) is 3. The van der Waals surface area contributed by atoms with Gasteiger partial charge in [0.05, 0.1) is 5.69 Å². The molecule has 1 aromatic heterocycles. The van der Waals surface area contributed by atoms with Gasteiger partial charge in [-0.15, -0.1) is 0 Å². The summed E-state index contributed by atoms with van der Waals surface area (Å²) in [6, 6.07) is 1.64. The van der Waals surface area contributed by atoms with Gasteiger partial charge in [-0.05, 0) is 6.07 Å². The van der Waals surface area contributed by atoms with E-state index in [1.54, 1.807) is 13.1 Å². The van der Waals surface area contributed by atoms with Crippen molar-refractivity contribution in [1.29, 1.82) is 0 Å². The summed E-state index contributed by atoms with van der Waals surface area (Å²) in [5, 5.41) is 4.13. The third-order valence-electron chi connectivity index (χ3n) is 1.86.